The second kappa shape index (κ2) is 33.0. The fourth-order valence-electron chi connectivity index (χ4n) is 19.4. The molecular formula is C68H112O37. The minimum absolute atomic E-state index is 0.00624. The van der Waals surface area contributed by atoms with Crippen LogP contribution in [0.5, 0.6) is 0 Å². The Balaban J connectivity index is 0.629. The SMILES string of the molecule is CC(CCC1(O)OC2CC3C4CCC5CC(OC6OC(CO)C(OC7OC(CO)C(OC8OC(CO)C(O)C(O)C8OC8OCC(O)C(OC9OC(C)C(OC%10OC(C)C(O)C(O)C%10O)C(O)C9O)C8O)C(O)C7O)C(O)C6O)CCC5(C)C4CC(=O)C3(C)C2C1C)COC1OC(CO)C(O)C(O)C1O. The number of hydrogen-bond acceptors (Lipinski definition) is 37. The zero-order valence-corrected chi connectivity index (χ0v) is 59.4. The Hall–Kier alpha value is -1.77. The molecule has 21 N–H and O–H groups in total. The first-order valence-corrected chi connectivity index (χ1v) is 37.0. The molecule has 4 saturated carbocycles. The molecule has 0 amide bonds. The topological polar surface area (TPSA) is 580 Å². The van der Waals surface area contributed by atoms with Crippen LogP contribution in [0.4, 0.5) is 0 Å². The van der Waals surface area contributed by atoms with Crippen LogP contribution in [0.15, 0.2) is 0 Å². The fraction of sp³-hybridized carbons (Fsp3) is 0.985. The molecule has 0 radical (unpaired) electrons. The highest BCUT2D eigenvalue weighted by molar-refractivity contribution is 5.87. The molecule has 4 aliphatic carbocycles. The Morgan fingerprint density at radius 1 is 0.476 bits per heavy atom. The monoisotopic (exact) mass is 1520 g/mol. The minimum Gasteiger partial charge on any atom is -0.394 e. The third kappa shape index (κ3) is 15.4. The van der Waals surface area contributed by atoms with Crippen molar-refractivity contribution >= 4 is 5.78 Å². The van der Waals surface area contributed by atoms with Gasteiger partial charge in [-0.05, 0) is 93.8 Å². The Labute approximate surface area is 605 Å². The minimum atomic E-state index is -2.15. The van der Waals surface area contributed by atoms with Crippen molar-refractivity contribution in [1.82, 2.24) is 0 Å². The van der Waals surface area contributed by atoms with Crippen LogP contribution < -0.4 is 0 Å². The number of fused-ring (bicyclic) bond motifs is 7. The summed E-state index contributed by atoms with van der Waals surface area (Å²) in [6.07, 6.45) is -54.2. The van der Waals surface area contributed by atoms with E-state index in [0.717, 1.165) is 12.8 Å². The summed E-state index contributed by atoms with van der Waals surface area (Å²) in [5.74, 6) is -1.86. The maximum Gasteiger partial charge on any atom is 0.187 e. The molecule has 46 atom stereocenters. The summed E-state index contributed by atoms with van der Waals surface area (Å²) < 4.78 is 88.5. The third-order valence-corrected chi connectivity index (χ3v) is 25.8. The molecule has 0 aromatic carbocycles. The summed E-state index contributed by atoms with van der Waals surface area (Å²) in [6, 6.07) is 0. The van der Waals surface area contributed by atoms with Gasteiger partial charge >= 0.3 is 0 Å². The first-order valence-electron chi connectivity index (χ1n) is 37.0. The van der Waals surface area contributed by atoms with Gasteiger partial charge in [0.15, 0.2) is 49.8 Å². The first kappa shape index (κ1) is 82.7. The molecule has 8 heterocycles. The van der Waals surface area contributed by atoms with Crippen molar-refractivity contribution in [1.29, 1.82) is 0 Å². The van der Waals surface area contributed by atoms with Crippen molar-refractivity contribution in [3.05, 3.63) is 0 Å². The van der Waals surface area contributed by atoms with Crippen LogP contribution in [-0.4, -0.2) is 379 Å². The maximum atomic E-state index is 14.9. The van der Waals surface area contributed by atoms with Crippen molar-refractivity contribution in [3.63, 3.8) is 0 Å². The molecule has 0 spiro atoms. The first-order chi connectivity index (χ1) is 49.6. The highest BCUT2D eigenvalue weighted by atomic mass is 16.8. The van der Waals surface area contributed by atoms with Gasteiger partial charge in [-0.25, -0.2) is 0 Å². The zero-order valence-electron chi connectivity index (χ0n) is 59.4. The van der Waals surface area contributed by atoms with Gasteiger partial charge in [-0.15, -0.1) is 0 Å². The van der Waals surface area contributed by atoms with Gasteiger partial charge in [-0.2, -0.15) is 0 Å². The highest BCUT2D eigenvalue weighted by Crippen LogP contribution is 2.70. The lowest BCUT2D eigenvalue weighted by Gasteiger charge is -2.60. The van der Waals surface area contributed by atoms with E-state index in [1.54, 1.807) is 0 Å². The lowest BCUT2D eigenvalue weighted by molar-refractivity contribution is -0.397. The number of carbonyl (C=O) groups excluding carboxylic acids is 1. The lowest BCUT2D eigenvalue weighted by Crippen LogP contribution is -2.67. The summed E-state index contributed by atoms with van der Waals surface area (Å²) in [5, 5.41) is 230. The average Bonchev–Trinajstić information content (AvgIpc) is 1.57. The molecule has 12 fully saturated rings. The number of aliphatic hydroxyl groups is 21. The molecule has 37 nitrogen and oxygen atoms in total. The number of aliphatic hydroxyl groups excluding tert-OH is 20. The molecule has 0 aromatic rings. The van der Waals surface area contributed by atoms with Crippen LogP contribution in [0.2, 0.25) is 0 Å². The third-order valence-electron chi connectivity index (χ3n) is 25.8. The smallest absolute Gasteiger partial charge is 0.187 e. The van der Waals surface area contributed by atoms with E-state index in [-0.39, 0.29) is 65.8 Å². The van der Waals surface area contributed by atoms with Gasteiger partial charge in [0.1, 0.15) is 158 Å². The molecule has 105 heavy (non-hydrogen) atoms. The van der Waals surface area contributed by atoms with Gasteiger partial charge in [-0.3, -0.25) is 4.79 Å². The number of hydrogen-bond donors (Lipinski definition) is 21. The Morgan fingerprint density at radius 3 is 1.58 bits per heavy atom. The molecule has 0 bridgehead atoms. The van der Waals surface area contributed by atoms with Crippen molar-refractivity contribution in [2.45, 2.75) is 326 Å². The number of ketones is 1. The standard InChI is InChI=1S/C68H112O37/c1-22(20-91-59-48(84)43(79)40(76)33(16-69)96-59)9-12-68(90)23(2)38-32(105-68)14-30-28-8-7-26-13-27(10-11-66(26,5)29(28)15-37(74)67(30,38)6)95-63-51(87)46(82)56(35(18-71)98-63)102-64-52(88)47(83)57(36(19-72)99-64)103-65-58(44(80)41(77)34(17-70)97-65)104-60-53(89)55(31(73)21-92-60)101-62-50(86)45(81)54(25(4)94-62)100-61-49(85)42(78)39(75)24(3)93-61/h22-36,38-65,69-73,75-90H,7-21H2,1-6H3. The number of Topliss-reactive ketones (excluding diaryl/α,β-unsaturated/α-hetero) is 1. The van der Waals surface area contributed by atoms with E-state index in [2.05, 4.69) is 13.8 Å². The van der Waals surface area contributed by atoms with E-state index in [0.29, 0.717) is 38.5 Å². The predicted molar refractivity (Wildman–Crippen MR) is 341 cm³/mol. The number of rotatable bonds is 22. The normalized spacial score (nSPS) is 55.6. The van der Waals surface area contributed by atoms with E-state index < -0.39 is 265 Å². The molecule has 606 valence electrons. The molecule has 0 aromatic heterocycles. The Kier molecular flexibility index (Phi) is 26.0. The molecule has 12 aliphatic rings. The van der Waals surface area contributed by atoms with E-state index in [1.807, 2.05) is 13.8 Å². The highest BCUT2D eigenvalue weighted by Gasteiger charge is 2.72. The molecule has 37 heteroatoms. The van der Waals surface area contributed by atoms with E-state index >= 15 is 0 Å². The van der Waals surface area contributed by atoms with Crippen molar-refractivity contribution in [2.24, 2.45) is 52.3 Å². The Bertz CT molecular complexity index is 2840. The van der Waals surface area contributed by atoms with E-state index in [9.17, 15) is 112 Å². The fourth-order valence-corrected chi connectivity index (χ4v) is 19.4. The Morgan fingerprint density at radius 2 is 0.962 bits per heavy atom. The van der Waals surface area contributed by atoms with Crippen LogP contribution in [0.25, 0.3) is 0 Å². The number of ether oxygens (including phenoxy) is 15. The summed E-state index contributed by atoms with van der Waals surface area (Å²) in [6.45, 7) is 6.92. The van der Waals surface area contributed by atoms with E-state index in [4.69, 9.17) is 71.1 Å². The van der Waals surface area contributed by atoms with Gasteiger partial charge in [-0.1, -0.05) is 27.7 Å². The summed E-state index contributed by atoms with van der Waals surface area (Å²) in [4.78, 5) is 14.9. The summed E-state index contributed by atoms with van der Waals surface area (Å²) >= 11 is 0. The quantitative estimate of drug-likeness (QED) is 0.0448. The molecule has 46 unspecified atom stereocenters. The van der Waals surface area contributed by atoms with Crippen molar-refractivity contribution < 1.29 is 183 Å². The molecule has 8 saturated heterocycles. The predicted octanol–water partition coefficient (Wildman–Crippen LogP) is -8.61. The molecule has 8 aliphatic heterocycles. The van der Waals surface area contributed by atoms with Gasteiger partial charge in [0.25, 0.3) is 0 Å². The number of carbonyl (C=O) groups is 1. The average molecular weight is 1520 g/mol. The van der Waals surface area contributed by atoms with Crippen LogP contribution in [0.3, 0.4) is 0 Å². The van der Waals surface area contributed by atoms with Crippen molar-refractivity contribution in [2.75, 3.05) is 39.6 Å². The van der Waals surface area contributed by atoms with Gasteiger partial charge < -0.3 is 178 Å². The maximum absolute atomic E-state index is 14.9. The summed E-state index contributed by atoms with van der Waals surface area (Å²) in [7, 11) is 0. The van der Waals surface area contributed by atoms with Gasteiger partial charge in [0, 0.05) is 30.1 Å². The van der Waals surface area contributed by atoms with Crippen molar-refractivity contribution in [3.8, 4) is 0 Å². The van der Waals surface area contributed by atoms with Gasteiger partial charge in [0.05, 0.1) is 64.1 Å². The lowest BCUT2D eigenvalue weighted by atomic mass is 9.44. The zero-order chi connectivity index (χ0) is 76.1. The van der Waals surface area contributed by atoms with Crippen LogP contribution in [-0.2, 0) is 75.8 Å². The second-order valence-electron chi connectivity index (χ2n) is 32.1. The van der Waals surface area contributed by atoms with E-state index in [1.165, 1.54) is 13.8 Å². The molecule has 12 rings (SSSR count). The largest absolute Gasteiger partial charge is 0.394 e. The van der Waals surface area contributed by atoms with Gasteiger partial charge in [0.2, 0.25) is 0 Å². The van der Waals surface area contributed by atoms with Crippen LogP contribution in [0, 0.1) is 52.3 Å². The van der Waals surface area contributed by atoms with Crippen LogP contribution in [0.1, 0.15) is 99.3 Å². The molecular weight excluding hydrogens is 1410 g/mol. The second-order valence-corrected chi connectivity index (χ2v) is 32.1. The van der Waals surface area contributed by atoms with Crippen LogP contribution >= 0.6 is 0 Å². The summed E-state index contributed by atoms with van der Waals surface area (Å²) in [5.41, 5.74) is -1.03.